The van der Waals surface area contributed by atoms with Gasteiger partial charge >= 0.3 is 0 Å². The van der Waals surface area contributed by atoms with Crippen molar-refractivity contribution in [2.45, 2.75) is 44.8 Å². The second-order valence-electron chi connectivity index (χ2n) is 3.61. The zero-order chi connectivity index (χ0) is 9.03. The summed E-state index contributed by atoms with van der Waals surface area (Å²) in [5.41, 5.74) is -0.518. The molecule has 68 valence electrons. The van der Waals surface area contributed by atoms with Crippen molar-refractivity contribution in [1.82, 2.24) is 5.32 Å². The summed E-state index contributed by atoms with van der Waals surface area (Å²) in [5.74, 6) is 5.77. The van der Waals surface area contributed by atoms with Crippen LogP contribution in [0.4, 0.5) is 0 Å². The summed E-state index contributed by atoms with van der Waals surface area (Å²) in [4.78, 5) is 0. The fraction of sp³-hybridized carbons (Fsp3) is 0.800. The van der Waals surface area contributed by atoms with E-state index in [1.807, 2.05) is 13.8 Å². The second-order valence-corrected chi connectivity index (χ2v) is 3.61. The molecule has 0 heterocycles. The van der Waals surface area contributed by atoms with Gasteiger partial charge in [-0.3, -0.25) is 0 Å². The van der Waals surface area contributed by atoms with Gasteiger partial charge in [-0.05, 0) is 33.1 Å². The minimum atomic E-state index is -0.518. The van der Waals surface area contributed by atoms with Crippen molar-refractivity contribution in [1.29, 1.82) is 0 Å². The largest absolute Gasteiger partial charge is 0.389 e. The maximum absolute atomic E-state index is 9.84. The topological polar surface area (TPSA) is 32.3 Å². The molecular weight excluding hydrogens is 150 g/mol. The zero-order valence-corrected chi connectivity index (χ0v) is 7.85. The van der Waals surface area contributed by atoms with Crippen LogP contribution in [0.2, 0.25) is 0 Å². The van der Waals surface area contributed by atoms with E-state index in [9.17, 15) is 5.11 Å². The highest BCUT2D eigenvalue weighted by Crippen LogP contribution is 2.28. The Hall–Kier alpha value is -0.520. The van der Waals surface area contributed by atoms with Crippen LogP contribution in [0.15, 0.2) is 0 Å². The van der Waals surface area contributed by atoms with Gasteiger partial charge in [-0.25, -0.2) is 0 Å². The van der Waals surface area contributed by atoms with E-state index in [0.29, 0.717) is 6.54 Å². The highest BCUT2D eigenvalue weighted by molar-refractivity contribution is 5.01. The first-order chi connectivity index (χ1) is 5.67. The molecule has 0 aromatic carbocycles. The Kier molecular flexibility index (Phi) is 3.13. The Morgan fingerprint density at radius 3 is 2.92 bits per heavy atom. The van der Waals surface area contributed by atoms with Crippen LogP contribution in [0.25, 0.3) is 0 Å². The lowest BCUT2D eigenvalue weighted by atomic mass is 10.0. The molecule has 0 amide bonds. The van der Waals surface area contributed by atoms with Gasteiger partial charge in [0.1, 0.15) is 0 Å². The molecule has 1 aliphatic rings. The summed E-state index contributed by atoms with van der Waals surface area (Å²) >= 11 is 0. The molecule has 1 fully saturated rings. The van der Waals surface area contributed by atoms with Crippen LogP contribution in [0.3, 0.4) is 0 Å². The number of aliphatic hydroxyl groups is 1. The number of hydrogen-bond acceptors (Lipinski definition) is 2. The molecule has 2 unspecified atom stereocenters. The van der Waals surface area contributed by atoms with Crippen molar-refractivity contribution in [2.24, 2.45) is 0 Å². The van der Waals surface area contributed by atoms with Crippen LogP contribution in [0.1, 0.15) is 33.1 Å². The predicted octanol–water partition coefficient (Wildman–Crippen LogP) is 0.903. The average Bonchev–Trinajstić information content (AvgIpc) is 2.32. The van der Waals surface area contributed by atoms with Crippen LogP contribution in [-0.2, 0) is 0 Å². The van der Waals surface area contributed by atoms with Gasteiger partial charge in [-0.1, -0.05) is 5.92 Å². The molecule has 0 bridgehead atoms. The standard InChI is InChI=1S/C10H17NO/c1-3-4-8-11-9-6-5-7-10(9,2)12/h9,11-12H,5-8H2,1-2H3. The Morgan fingerprint density at radius 2 is 2.42 bits per heavy atom. The normalized spacial score (nSPS) is 34.4. The molecule has 2 heteroatoms. The second kappa shape index (κ2) is 3.93. The van der Waals surface area contributed by atoms with Crippen LogP contribution >= 0.6 is 0 Å². The first-order valence-electron chi connectivity index (χ1n) is 4.52. The molecular formula is C10H17NO. The number of hydrogen-bond donors (Lipinski definition) is 2. The molecule has 1 rings (SSSR count). The summed E-state index contributed by atoms with van der Waals surface area (Å²) in [6.45, 7) is 4.42. The van der Waals surface area contributed by atoms with Crippen molar-refractivity contribution in [2.75, 3.05) is 6.54 Å². The van der Waals surface area contributed by atoms with E-state index in [-0.39, 0.29) is 6.04 Å². The lowest BCUT2D eigenvalue weighted by Crippen LogP contribution is -2.44. The van der Waals surface area contributed by atoms with Crippen molar-refractivity contribution in [3.63, 3.8) is 0 Å². The summed E-state index contributed by atoms with van der Waals surface area (Å²) < 4.78 is 0. The fourth-order valence-electron chi connectivity index (χ4n) is 1.73. The summed E-state index contributed by atoms with van der Waals surface area (Å²) in [7, 11) is 0. The molecule has 0 radical (unpaired) electrons. The molecule has 2 N–H and O–H groups in total. The minimum absolute atomic E-state index is 0.235. The molecule has 0 aromatic heterocycles. The van der Waals surface area contributed by atoms with Crippen LogP contribution in [0, 0.1) is 11.8 Å². The van der Waals surface area contributed by atoms with E-state index in [1.54, 1.807) is 0 Å². The Bertz CT molecular complexity index is 200. The van der Waals surface area contributed by atoms with Crippen molar-refractivity contribution in [3.05, 3.63) is 0 Å². The van der Waals surface area contributed by atoms with Gasteiger partial charge in [0.2, 0.25) is 0 Å². The highest BCUT2D eigenvalue weighted by atomic mass is 16.3. The number of rotatable bonds is 2. The molecule has 0 spiro atoms. The lowest BCUT2D eigenvalue weighted by Gasteiger charge is -2.25. The van der Waals surface area contributed by atoms with E-state index >= 15 is 0 Å². The lowest BCUT2D eigenvalue weighted by molar-refractivity contribution is 0.0407. The minimum Gasteiger partial charge on any atom is -0.389 e. The van der Waals surface area contributed by atoms with E-state index in [0.717, 1.165) is 19.3 Å². The first kappa shape index (κ1) is 9.57. The predicted molar refractivity (Wildman–Crippen MR) is 49.7 cm³/mol. The molecule has 0 aliphatic heterocycles. The number of nitrogens with one attached hydrogen (secondary N) is 1. The Labute approximate surface area is 74.4 Å². The van der Waals surface area contributed by atoms with E-state index < -0.39 is 5.60 Å². The Morgan fingerprint density at radius 1 is 1.67 bits per heavy atom. The van der Waals surface area contributed by atoms with Gasteiger partial charge in [0.25, 0.3) is 0 Å². The quantitative estimate of drug-likeness (QED) is 0.599. The smallest absolute Gasteiger partial charge is 0.0772 e. The maximum Gasteiger partial charge on any atom is 0.0772 e. The van der Waals surface area contributed by atoms with E-state index in [4.69, 9.17) is 0 Å². The van der Waals surface area contributed by atoms with Gasteiger partial charge < -0.3 is 10.4 Å². The zero-order valence-electron chi connectivity index (χ0n) is 7.85. The first-order valence-corrected chi connectivity index (χ1v) is 4.52. The molecule has 1 saturated carbocycles. The van der Waals surface area contributed by atoms with Gasteiger partial charge in [0.05, 0.1) is 12.1 Å². The van der Waals surface area contributed by atoms with Crippen LogP contribution in [-0.4, -0.2) is 23.3 Å². The third kappa shape index (κ3) is 2.23. The van der Waals surface area contributed by atoms with Crippen molar-refractivity contribution in [3.8, 4) is 11.8 Å². The monoisotopic (exact) mass is 167 g/mol. The summed E-state index contributed by atoms with van der Waals surface area (Å²) in [6, 6.07) is 0.235. The average molecular weight is 167 g/mol. The molecule has 0 saturated heterocycles. The SMILES string of the molecule is CC#CCNC1CCCC1(C)O. The van der Waals surface area contributed by atoms with Crippen molar-refractivity contribution >= 4 is 0 Å². The molecule has 12 heavy (non-hydrogen) atoms. The molecule has 2 atom stereocenters. The third-order valence-corrected chi connectivity index (χ3v) is 2.54. The molecule has 1 aliphatic carbocycles. The van der Waals surface area contributed by atoms with Gasteiger partial charge in [0, 0.05) is 6.04 Å². The van der Waals surface area contributed by atoms with Gasteiger partial charge in [-0.2, -0.15) is 0 Å². The van der Waals surface area contributed by atoms with Crippen LogP contribution < -0.4 is 5.32 Å². The third-order valence-electron chi connectivity index (χ3n) is 2.54. The van der Waals surface area contributed by atoms with E-state index in [2.05, 4.69) is 17.2 Å². The van der Waals surface area contributed by atoms with Crippen molar-refractivity contribution < 1.29 is 5.11 Å². The summed E-state index contributed by atoms with van der Waals surface area (Å²) in [5, 5.41) is 13.1. The highest BCUT2D eigenvalue weighted by Gasteiger charge is 2.35. The molecule has 2 nitrogen and oxygen atoms in total. The molecule has 0 aromatic rings. The Balaban J connectivity index is 2.35. The van der Waals surface area contributed by atoms with Gasteiger partial charge in [-0.15, -0.1) is 5.92 Å². The maximum atomic E-state index is 9.84. The summed E-state index contributed by atoms with van der Waals surface area (Å²) in [6.07, 6.45) is 3.09. The van der Waals surface area contributed by atoms with E-state index in [1.165, 1.54) is 0 Å². The fourth-order valence-corrected chi connectivity index (χ4v) is 1.73. The van der Waals surface area contributed by atoms with Gasteiger partial charge in [0.15, 0.2) is 0 Å². The van der Waals surface area contributed by atoms with Crippen LogP contribution in [0.5, 0.6) is 0 Å².